The van der Waals surface area contributed by atoms with Gasteiger partial charge >= 0.3 is 5.97 Å². The topological polar surface area (TPSA) is 46.6 Å². The van der Waals surface area contributed by atoms with Crippen LogP contribution in [0.5, 0.6) is 0 Å². The average Bonchev–Trinajstić information content (AvgIpc) is 2.74. The molecule has 0 unspecified atom stereocenters. The van der Waals surface area contributed by atoms with Gasteiger partial charge in [0.25, 0.3) is 5.91 Å². The number of likely N-dealkylation sites (N-methyl/N-ethyl adjacent to an activating group) is 1. The number of esters is 1. The van der Waals surface area contributed by atoms with Gasteiger partial charge < -0.3 is 9.64 Å². The number of rotatable bonds is 6. The number of nitrogens with zero attached hydrogens (tertiary/aromatic N) is 1. The zero-order valence-electron chi connectivity index (χ0n) is 15.8. The van der Waals surface area contributed by atoms with E-state index < -0.39 is 11.9 Å². The number of benzene rings is 2. The fraction of sp³-hybridized carbons (Fsp3) is 0.391. The Morgan fingerprint density at radius 3 is 1.96 bits per heavy atom. The highest BCUT2D eigenvalue weighted by Crippen LogP contribution is 2.26. The summed E-state index contributed by atoms with van der Waals surface area (Å²) in [5, 5.41) is 0. The first-order valence-electron chi connectivity index (χ1n) is 9.69. The molecule has 2 aromatic carbocycles. The quantitative estimate of drug-likeness (QED) is 0.723. The van der Waals surface area contributed by atoms with E-state index in [2.05, 4.69) is 0 Å². The predicted molar refractivity (Wildman–Crippen MR) is 105 cm³/mol. The standard InChI is InChI=1S/C23H27NO3/c1-24(20-15-9-4-10-16-20)21(25)17-27-23(26)22(18-11-5-2-6-12-18)19-13-7-3-8-14-19/h2-3,5-8,11-14,20,22H,4,9-10,15-17H2,1H3. The van der Waals surface area contributed by atoms with Crippen LogP contribution in [0.15, 0.2) is 60.7 Å². The Bertz CT molecular complexity index is 699. The fourth-order valence-electron chi connectivity index (χ4n) is 3.75. The molecular formula is C23H27NO3. The van der Waals surface area contributed by atoms with Crippen molar-refractivity contribution in [1.29, 1.82) is 0 Å². The first-order chi connectivity index (χ1) is 13.2. The van der Waals surface area contributed by atoms with Gasteiger partial charge in [0.1, 0.15) is 5.92 Å². The minimum absolute atomic E-state index is 0.130. The molecule has 3 rings (SSSR count). The highest BCUT2D eigenvalue weighted by atomic mass is 16.5. The highest BCUT2D eigenvalue weighted by molar-refractivity contribution is 5.85. The molecule has 142 valence electrons. The lowest BCUT2D eigenvalue weighted by Crippen LogP contribution is -2.40. The third-order valence-electron chi connectivity index (χ3n) is 5.36. The second-order valence-electron chi connectivity index (χ2n) is 7.16. The molecule has 0 aromatic heterocycles. The summed E-state index contributed by atoms with van der Waals surface area (Å²) in [6.07, 6.45) is 5.63. The van der Waals surface area contributed by atoms with Crippen molar-refractivity contribution in [1.82, 2.24) is 4.90 Å². The van der Waals surface area contributed by atoms with Crippen molar-refractivity contribution in [3.8, 4) is 0 Å². The number of hydrogen-bond acceptors (Lipinski definition) is 3. The maximum atomic E-state index is 12.9. The second-order valence-corrected chi connectivity index (χ2v) is 7.16. The molecule has 2 aromatic rings. The van der Waals surface area contributed by atoms with Crippen molar-refractivity contribution in [2.24, 2.45) is 0 Å². The smallest absolute Gasteiger partial charge is 0.318 e. The molecule has 1 saturated carbocycles. The summed E-state index contributed by atoms with van der Waals surface area (Å²) in [7, 11) is 1.82. The first kappa shape index (κ1) is 19.2. The van der Waals surface area contributed by atoms with Crippen LogP contribution in [0.2, 0.25) is 0 Å². The summed E-state index contributed by atoms with van der Waals surface area (Å²) in [5.74, 6) is -1.05. The molecule has 1 aliphatic rings. The van der Waals surface area contributed by atoms with Gasteiger partial charge in [-0.15, -0.1) is 0 Å². The van der Waals surface area contributed by atoms with Gasteiger partial charge in [-0.1, -0.05) is 79.9 Å². The Morgan fingerprint density at radius 1 is 0.926 bits per heavy atom. The number of carbonyl (C=O) groups excluding carboxylic acids is 2. The Labute approximate surface area is 161 Å². The number of amides is 1. The molecule has 0 N–H and O–H groups in total. The van der Waals surface area contributed by atoms with Gasteiger partial charge in [0.15, 0.2) is 6.61 Å². The van der Waals surface area contributed by atoms with E-state index in [9.17, 15) is 9.59 Å². The van der Waals surface area contributed by atoms with Gasteiger partial charge in [0.2, 0.25) is 0 Å². The van der Waals surface area contributed by atoms with Gasteiger partial charge in [-0.25, -0.2) is 0 Å². The van der Waals surface area contributed by atoms with Crippen LogP contribution in [0.25, 0.3) is 0 Å². The van der Waals surface area contributed by atoms with Crippen molar-refractivity contribution < 1.29 is 14.3 Å². The zero-order valence-corrected chi connectivity index (χ0v) is 15.8. The summed E-state index contributed by atoms with van der Waals surface area (Å²) in [4.78, 5) is 27.1. The first-order valence-corrected chi connectivity index (χ1v) is 9.69. The molecule has 1 amide bonds. The fourth-order valence-corrected chi connectivity index (χ4v) is 3.75. The van der Waals surface area contributed by atoms with E-state index in [1.54, 1.807) is 4.90 Å². The van der Waals surface area contributed by atoms with Gasteiger partial charge in [0.05, 0.1) is 0 Å². The summed E-state index contributed by atoms with van der Waals surface area (Å²) < 4.78 is 5.46. The maximum absolute atomic E-state index is 12.9. The largest absolute Gasteiger partial charge is 0.455 e. The van der Waals surface area contributed by atoms with Gasteiger partial charge in [-0.2, -0.15) is 0 Å². The van der Waals surface area contributed by atoms with E-state index in [4.69, 9.17) is 4.74 Å². The van der Waals surface area contributed by atoms with Gasteiger partial charge in [0, 0.05) is 13.1 Å². The van der Waals surface area contributed by atoms with E-state index >= 15 is 0 Å². The minimum atomic E-state index is -0.528. The van der Waals surface area contributed by atoms with Crippen LogP contribution in [-0.4, -0.2) is 36.5 Å². The van der Waals surface area contributed by atoms with Crippen molar-refractivity contribution in [3.63, 3.8) is 0 Å². The molecule has 0 heterocycles. The normalized spacial score (nSPS) is 14.7. The molecule has 0 spiro atoms. The Hall–Kier alpha value is -2.62. The van der Waals surface area contributed by atoms with Crippen molar-refractivity contribution in [2.75, 3.05) is 13.7 Å². The Kier molecular flexibility index (Phi) is 6.64. The number of carbonyl (C=O) groups is 2. The SMILES string of the molecule is CN(C(=O)COC(=O)C(c1ccccc1)c1ccccc1)C1CCCCC1. The summed E-state index contributed by atoms with van der Waals surface area (Å²) in [5.41, 5.74) is 1.73. The van der Waals surface area contributed by atoms with E-state index in [1.807, 2.05) is 67.7 Å². The molecule has 4 nitrogen and oxygen atoms in total. The van der Waals surface area contributed by atoms with E-state index in [0.29, 0.717) is 0 Å². The van der Waals surface area contributed by atoms with Crippen LogP contribution in [0.3, 0.4) is 0 Å². The van der Waals surface area contributed by atoms with Gasteiger partial charge in [-0.3, -0.25) is 9.59 Å². The van der Waals surface area contributed by atoms with Crippen LogP contribution in [0.1, 0.15) is 49.1 Å². The number of ether oxygens (including phenoxy) is 1. The van der Waals surface area contributed by atoms with Crippen molar-refractivity contribution in [3.05, 3.63) is 71.8 Å². The lowest BCUT2D eigenvalue weighted by molar-refractivity contribution is -0.153. The van der Waals surface area contributed by atoms with Crippen LogP contribution in [-0.2, 0) is 14.3 Å². The molecular weight excluding hydrogens is 338 g/mol. The predicted octanol–water partition coefficient (Wildman–Crippen LogP) is 4.15. The lowest BCUT2D eigenvalue weighted by atomic mass is 9.91. The van der Waals surface area contributed by atoms with Crippen LogP contribution in [0.4, 0.5) is 0 Å². The lowest BCUT2D eigenvalue weighted by Gasteiger charge is -2.31. The molecule has 0 bridgehead atoms. The molecule has 0 radical (unpaired) electrons. The van der Waals surface area contributed by atoms with Crippen molar-refractivity contribution >= 4 is 11.9 Å². The monoisotopic (exact) mass is 365 g/mol. The Balaban J connectivity index is 1.67. The molecule has 0 atom stereocenters. The van der Waals surface area contributed by atoms with Crippen molar-refractivity contribution in [2.45, 2.75) is 44.1 Å². The molecule has 27 heavy (non-hydrogen) atoms. The van der Waals surface area contributed by atoms with Gasteiger partial charge in [-0.05, 0) is 24.0 Å². The molecule has 0 aliphatic heterocycles. The highest BCUT2D eigenvalue weighted by Gasteiger charge is 2.27. The third kappa shape index (κ3) is 4.97. The maximum Gasteiger partial charge on any atom is 0.318 e. The second kappa shape index (κ2) is 9.36. The molecule has 0 saturated heterocycles. The van der Waals surface area contributed by atoms with E-state index in [0.717, 1.165) is 36.8 Å². The molecule has 1 aliphatic carbocycles. The van der Waals surface area contributed by atoms with Crippen LogP contribution < -0.4 is 0 Å². The third-order valence-corrected chi connectivity index (χ3v) is 5.36. The summed E-state index contributed by atoms with van der Waals surface area (Å²) >= 11 is 0. The molecule has 1 fully saturated rings. The van der Waals surface area contributed by atoms with Crippen LogP contribution in [0, 0.1) is 0 Å². The summed E-state index contributed by atoms with van der Waals surface area (Å²) in [6.45, 7) is -0.206. The van der Waals surface area contributed by atoms with Crippen LogP contribution >= 0.6 is 0 Å². The number of hydrogen-bond donors (Lipinski definition) is 0. The molecule has 4 heteroatoms. The average molecular weight is 365 g/mol. The van der Waals surface area contributed by atoms with E-state index in [-0.39, 0.29) is 18.6 Å². The minimum Gasteiger partial charge on any atom is -0.455 e. The zero-order chi connectivity index (χ0) is 19.1. The summed E-state index contributed by atoms with van der Waals surface area (Å²) in [6, 6.07) is 19.4. The Morgan fingerprint density at radius 2 is 1.44 bits per heavy atom. The van der Waals surface area contributed by atoms with E-state index in [1.165, 1.54) is 6.42 Å².